The zero-order valence-corrected chi connectivity index (χ0v) is 10.8. The van der Waals surface area contributed by atoms with Gasteiger partial charge in [0.05, 0.1) is 10.4 Å². The topological polar surface area (TPSA) is 66.6 Å². The maximum Gasteiger partial charge on any atom is 0.235 e. The van der Waals surface area contributed by atoms with Crippen LogP contribution in [0, 0.1) is 5.41 Å². The molecule has 1 saturated carbocycles. The predicted octanol–water partition coefficient (Wildman–Crippen LogP) is 0.816. The number of carbonyl (C=O) groups excluding carboxylic acids is 1. The van der Waals surface area contributed by atoms with Crippen LogP contribution >= 0.6 is 12.2 Å². The highest BCUT2D eigenvalue weighted by molar-refractivity contribution is 7.80. The molecule has 1 saturated heterocycles. The second-order valence-electron chi connectivity index (χ2n) is 5.11. The molecule has 1 atom stereocenters. The Bertz CT molecular complexity index is 326. The molecule has 5 heteroatoms. The van der Waals surface area contributed by atoms with E-state index in [-0.39, 0.29) is 18.6 Å². The fourth-order valence-electron chi connectivity index (χ4n) is 2.68. The van der Waals surface area contributed by atoms with Crippen LogP contribution in [0.4, 0.5) is 0 Å². The molecule has 1 unspecified atom stereocenters. The van der Waals surface area contributed by atoms with E-state index in [0.717, 1.165) is 38.6 Å². The second-order valence-corrected chi connectivity index (χ2v) is 5.55. The van der Waals surface area contributed by atoms with Crippen molar-refractivity contribution in [2.45, 2.75) is 44.6 Å². The Kier molecular flexibility index (Phi) is 3.68. The van der Waals surface area contributed by atoms with Crippen LogP contribution in [0.15, 0.2) is 0 Å². The lowest BCUT2D eigenvalue weighted by Gasteiger charge is -2.37. The molecule has 4 nitrogen and oxygen atoms in total. The lowest BCUT2D eigenvalue weighted by Crippen LogP contribution is -2.50. The van der Waals surface area contributed by atoms with Gasteiger partial charge in [0.1, 0.15) is 0 Å². The predicted molar refractivity (Wildman–Crippen MR) is 69.5 cm³/mol. The number of thiocarbonyl (C=S) groups is 1. The van der Waals surface area contributed by atoms with E-state index in [1.807, 2.05) is 4.90 Å². The normalized spacial score (nSPS) is 26.6. The van der Waals surface area contributed by atoms with E-state index in [2.05, 4.69) is 0 Å². The Morgan fingerprint density at radius 3 is 2.71 bits per heavy atom. The van der Waals surface area contributed by atoms with Crippen molar-refractivity contribution in [2.24, 2.45) is 11.1 Å². The number of nitrogens with two attached hydrogens (primary N) is 1. The van der Waals surface area contributed by atoms with Crippen LogP contribution in [-0.4, -0.2) is 40.1 Å². The van der Waals surface area contributed by atoms with Crippen LogP contribution in [0.1, 0.15) is 38.5 Å². The van der Waals surface area contributed by atoms with Gasteiger partial charge in [-0.15, -0.1) is 0 Å². The summed E-state index contributed by atoms with van der Waals surface area (Å²) < 4.78 is 0. The van der Waals surface area contributed by atoms with E-state index in [0.29, 0.717) is 11.4 Å². The Balaban J connectivity index is 2.09. The first kappa shape index (κ1) is 12.8. The third-order valence-corrected chi connectivity index (χ3v) is 4.37. The average molecular weight is 256 g/mol. The number of piperidine rings is 1. The summed E-state index contributed by atoms with van der Waals surface area (Å²) in [6, 6.07) is 0.174. The molecule has 96 valence electrons. The number of aliphatic hydroxyl groups is 1. The quantitative estimate of drug-likeness (QED) is 0.731. The van der Waals surface area contributed by atoms with Crippen LogP contribution in [-0.2, 0) is 4.79 Å². The van der Waals surface area contributed by atoms with Crippen LogP contribution in [0.3, 0.4) is 0 Å². The van der Waals surface area contributed by atoms with Gasteiger partial charge in [-0.2, -0.15) is 0 Å². The van der Waals surface area contributed by atoms with E-state index in [4.69, 9.17) is 23.1 Å². The van der Waals surface area contributed by atoms with Gasteiger partial charge in [-0.05, 0) is 38.5 Å². The third-order valence-electron chi connectivity index (χ3n) is 3.98. The van der Waals surface area contributed by atoms with Gasteiger partial charge in [0.25, 0.3) is 0 Å². The van der Waals surface area contributed by atoms with Crippen LogP contribution in [0.2, 0.25) is 0 Å². The van der Waals surface area contributed by atoms with Crippen LogP contribution in [0.25, 0.3) is 0 Å². The molecule has 0 spiro atoms. The van der Waals surface area contributed by atoms with Crippen molar-refractivity contribution in [3.05, 3.63) is 0 Å². The highest BCUT2D eigenvalue weighted by Crippen LogP contribution is 2.48. The fourth-order valence-corrected chi connectivity index (χ4v) is 2.97. The zero-order valence-electron chi connectivity index (χ0n) is 10.0. The number of aliphatic hydroxyl groups excluding tert-OH is 1. The van der Waals surface area contributed by atoms with Gasteiger partial charge >= 0.3 is 0 Å². The highest BCUT2D eigenvalue weighted by Gasteiger charge is 2.55. The third kappa shape index (κ3) is 2.31. The summed E-state index contributed by atoms with van der Waals surface area (Å²) in [5.74, 6) is 0.100. The average Bonchev–Trinajstić information content (AvgIpc) is 3.10. The number of amides is 1. The van der Waals surface area contributed by atoms with Crippen molar-refractivity contribution in [1.29, 1.82) is 0 Å². The molecule has 1 amide bonds. The van der Waals surface area contributed by atoms with Gasteiger partial charge in [0.2, 0.25) is 5.91 Å². The minimum Gasteiger partial charge on any atom is -0.396 e. The SMILES string of the molecule is NC(=S)C1(C(=O)N2CCCCC2CCO)CC1. The van der Waals surface area contributed by atoms with Crippen molar-refractivity contribution in [1.82, 2.24) is 4.90 Å². The molecule has 3 N–H and O–H groups in total. The molecule has 0 aromatic heterocycles. The van der Waals surface area contributed by atoms with Gasteiger partial charge < -0.3 is 15.7 Å². The van der Waals surface area contributed by atoms with E-state index in [1.54, 1.807) is 0 Å². The van der Waals surface area contributed by atoms with Crippen LogP contribution in [0.5, 0.6) is 0 Å². The molecule has 2 fully saturated rings. The summed E-state index contributed by atoms with van der Waals surface area (Å²) >= 11 is 5.02. The Morgan fingerprint density at radius 1 is 1.47 bits per heavy atom. The molecule has 2 aliphatic rings. The van der Waals surface area contributed by atoms with Crippen LogP contribution < -0.4 is 5.73 Å². The van der Waals surface area contributed by atoms with Gasteiger partial charge in [0.15, 0.2) is 0 Å². The first-order valence-corrected chi connectivity index (χ1v) is 6.74. The molecular formula is C12H20N2O2S. The lowest BCUT2D eigenvalue weighted by atomic mass is 9.96. The van der Waals surface area contributed by atoms with Crippen molar-refractivity contribution < 1.29 is 9.90 Å². The number of nitrogens with zero attached hydrogens (tertiary/aromatic N) is 1. The van der Waals surface area contributed by atoms with E-state index in [9.17, 15) is 4.79 Å². The molecule has 17 heavy (non-hydrogen) atoms. The fraction of sp³-hybridized carbons (Fsp3) is 0.833. The molecule has 2 rings (SSSR count). The number of hydrogen-bond donors (Lipinski definition) is 2. The number of rotatable bonds is 4. The summed E-state index contributed by atoms with van der Waals surface area (Å²) in [7, 11) is 0. The summed E-state index contributed by atoms with van der Waals surface area (Å²) in [6.07, 6.45) is 5.42. The first-order valence-electron chi connectivity index (χ1n) is 6.33. The van der Waals surface area contributed by atoms with Gasteiger partial charge in [-0.1, -0.05) is 12.2 Å². The molecule has 0 aromatic carbocycles. The number of carbonyl (C=O) groups is 1. The van der Waals surface area contributed by atoms with Crippen molar-refractivity contribution in [2.75, 3.05) is 13.2 Å². The molecule has 0 bridgehead atoms. The molecular weight excluding hydrogens is 236 g/mol. The largest absolute Gasteiger partial charge is 0.396 e. The smallest absolute Gasteiger partial charge is 0.235 e. The Hall–Kier alpha value is -0.680. The minimum atomic E-state index is -0.541. The number of hydrogen-bond acceptors (Lipinski definition) is 3. The molecule has 1 heterocycles. The van der Waals surface area contributed by atoms with E-state index in [1.165, 1.54) is 0 Å². The van der Waals surface area contributed by atoms with E-state index < -0.39 is 5.41 Å². The highest BCUT2D eigenvalue weighted by atomic mass is 32.1. The molecule has 0 radical (unpaired) electrons. The summed E-state index contributed by atoms with van der Waals surface area (Å²) in [4.78, 5) is 14.7. The maximum absolute atomic E-state index is 12.5. The van der Waals surface area contributed by atoms with Gasteiger partial charge in [0, 0.05) is 19.2 Å². The summed E-state index contributed by atoms with van der Waals surface area (Å²) in [5, 5.41) is 9.06. The molecule has 1 aliphatic carbocycles. The standard InChI is InChI=1S/C12H20N2O2S/c13-10(17)12(5-6-12)11(16)14-7-2-1-3-9(14)4-8-15/h9,15H,1-8H2,(H2,13,17). The van der Waals surface area contributed by atoms with Gasteiger partial charge in [-0.3, -0.25) is 4.79 Å². The summed E-state index contributed by atoms with van der Waals surface area (Å²) in [6.45, 7) is 0.919. The summed E-state index contributed by atoms with van der Waals surface area (Å²) in [5.41, 5.74) is 5.15. The van der Waals surface area contributed by atoms with Crippen molar-refractivity contribution in [3.63, 3.8) is 0 Å². The molecule has 1 aliphatic heterocycles. The second kappa shape index (κ2) is 4.90. The Labute approximate surface area is 107 Å². The monoisotopic (exact) mass is 256 g/mol. The Morgan fingerprint density at radius 2 is 2.18 bits per heavy atom. The minimum absolute atomic E-state index is 0.100. The maximum atomic E-state index is 12.5. The molecule has 0 aromatic rings. The van der Waals surface area contributed by atoms with Gasteiger partial charge in [-0.25, -0.2) is 0 Å². The van der Waals surface area contributed by atoms with Crippen molar-refractivity contribution >= 4 is 23.1 Å². The first-order chi connectivity index (χ1) is 8.12. The van der Waals surface area contributed by atoms with E-state index >= 15 is 0 Å². The number of likely N-dealkylation sites (tertiary alicyclic amines) is 1. The lowest BCUT2D eigenvalue weighted by molar-refractivity contribution is -0.138. The zero-order chi connectivity index (χ0) is 12.5. The van der Waals surface area contributed by atoms with Crippen molar-refractivity contribution in [3.8, 4) is 0 Å².